The number of hydrogen-bond donors (Lipinski definition) is 0. The van der Waals surface area contributed by atoms with E-state index in [2.05, 4.69) is 24.3 Å². The fraction of sp³-hybridized carbons (Fsp3) is 0.188. The fourth-order valence-corrected chi connectivity index (χ4v) is 2.82. The maximum atomic E-state index is 11.4. The first kappa shape index (κ1) is 10.3. The molecule has 0 radical (unpaired) electrons. The molecule has 0 amide bonds. The van der Waals surface area contributed by atoms with E-state index in [1.165, 1.54) is 16.7 Å². The molecule has 0 bridgehead atoms. The molecule has 2 unspecified atom stereocenters. The van der Waals surface area contributed by atoms with E-state index in [1.807, 2.05) is 30.3 Å². The molecule has 0 saturated heterocycles. The minimum absolute atomic E-state index is 0.0219. The highest BCUT2D eigenvalue weighted by atomic mass is 16.1. The van der Waals surface area contributed by atoms with Crippen LogP contribution in [0.15, 0.2) is 54.6 Å². The molecule has 0 aromatic heterocycles. The monoisotopic (exact) mass is 222 g/mol. The van der Waals surface area contributed by atoms with Gasteiger partial charge < -0.3 is 4.79 Å². The van der Waals surface area contributed by atoms with Gasteiger partial charge in [0, 0.05) is 11.8 Å². The molecule has 0 saturated carbocycles. The average Bonchev–Trinajstić information content (AvgIpc) is 2.78. The van der Waals surface area contributed by atoms with Crippen LogP contribution in [0.3, 0.4) is 0 Å². The van der Waals surface area contributed by atoms with Crippen molar-refractivity contribution in [1.82, 2.24) is 0 Å². The molecule has 84 valence electrons. The molecular weight excluding hydrogens is 208 g/mol. The third-order valence-corrected chi connectivity index (χ3v) is 3.66. The maximum absolute atomic E-state index is 11.4. The SMILES string of the molecule is O=CC1c2ccccc2CC1c1ccccc1. The van der Waals surface area contributed by atoms with Gasteiger partial charge in [-0.15, -0.1) is 0 Å². The van der Waals surface area contributed by atoms with Crippen molar-refractivity contribution in [2.24, 2.45) is 0 Å². The van der Waals surface area contributed by atoms with Gasteiger partial charge in [-0.1, -0.05) is 54.6 Å². The lowest BCUT2D eigenvalue weighted by molar-refractivity contribution is -0.109. The molecule has 1 aliphatic rings. The molecule has 1 aliphatic carbocycles. The molecule has 2 aromatic rings. The van der Waals surface area contributed by atoms with Crippen LogP contribution in [0.5, 0.6) is 0 Å². The Balaban J connectivity index is 2.03. The second-order valence-corrected chi connectivity index (χ2v) is 4.58. The predicted molar refractivity (Wildman–Crippen MR) is 68.1 cm³/mol. The molecule has 0 spiro atoms. The smallest absolute Gasteiger partial charge is 0.128 e. The van der Waals surface area contributed by atoms with Crippen LogP contribution in [0.2, 0.25) is 0 Å². The van der Waals surface area contributed by atoms with Crippen molar-refractivity contribution < 1.29 is 4.79 Å². The Kier molecular flexibility index (Phi) is 2.52. The van der Waals surface area contributed by atoms with Gasteiger partial charge in [0.2, 0.25) is 0 Å². The van der Waals surface area contributed by atoms with E-state index in [-0.39, 0.29) is 5.92 Å². The molecule has 3 rings (SSSR count). The van der Waals surface area contributed by atoms with E-state index in [9.17, 15) is 4.79 Å². The second-order valence-electron chi connectivity index (χ2n) is 4.58. The van der Waals surface area contributed by atoms with Crippen LogP contribution in [0.1, 0.15) is 28.5 Å². The summed E-state index contributed by atoms with van der Waals surface area (Å²) in [4.78, 5) is 11.4. The van der Waals surface area contributed by atoms with Crippen LogP contribution in [-0.4, -0.2) is 6.29 Å². The van der Waals surface area contributed by atoms with Crippen molar-refractivity contribution in [3.05, 3.63) is 71.3 Å². The zero-order chi connectivity index (χ0) is 11.7. The van der Waals surface area contributed by atoms with Crippen LogP contribution < -0.4 is 0 Å². The van der Waals surface area contributed by atoms with Crippen LogP contribution in [0.4, 0.5) is 0 Å². The van der Waals surface area contributed by atoms with Crippen molar-refractivity contribution in [3.8, 4) is 0 Å². The molecule has 2 aromatic carbocycles. The lowest BCUT2D eigenvalue weighted by atomic mass is 9.88. The van der Waals surface area contributed by atoms with Crippen LogP contribution in [-0.2, 0) is 11.2 Å². The summed E-state index contributed by atoms with van der Waals surface area (Å²) in [6.07, 6.45) is 2.08. The molecule has 17 heavy (non-hydrogen) atoms. The van der Waals surface area contributed by atoms with Gasteiger partial charge >= 0.3 is 0 Å². The van der Waals surface area contributed by atoms with E-state index >= 15 is 0 Å². The molecule has 0 aliphatic heterocycles. The highest BCUT2D eigenvalue weighted by molar-refractivity contribution is 5.68. The highest BCUT2D eigenvalue weighted by Crippen LogP contribution is 2.42. The lowest BCUT2D eigenvalue weighted by Gasteiger charge is -2.15. The Morgan fingerprint density at radius 1 is 0.941 bits per heavy atom. The zero-order valence-corrected chi connectivity index (χ0v) is 9.54. The number of aldehydes is 1. The van der Waals surface area contributed by atoms with Gasteiger partial charge in [-0.25, -0.2) is 0 Å². The topological polar surface area (TPSA) is 17.1 Å². The first-order chi connectivity index (χ1) is 8.40. The van der Waals surface area contributed by atoms with Crippen LogP contribution in [0.25, 0.3) is 0 Å². The van der Waals surface area contributed by atoms with Crippen molar-refractivity contribution >= 4 is 6.29 Å². The van der Waals surface area contributed by atoms with Crippen LogP contribution >= 0.6 is 0 Å². The quantitative estimate of drug-likeness (QED) is 0.712. The summed E-state index contributed by atoms with van der Waals surface area (Å²) in [6, 6.07) is 18.6. The Labute approximate surface area is 101 Å². The summed E-state index contributed by atoms with van der Waals surface area (Å²) in [5.74, 6) is 0.333. The minimum Gasteiger partial charge on any atom is -0.303 e. The zero-order valence-electron chi connectivity index (χ0n) is 9.54. The van der Waals surface area contributed by atoms with E-state index in [0.717, 1.165) is 12.7 Å². The minimum atomic E-state index is 0.0219. The van der Waals surface area contributed by atoms with Gasteiger partial charge in [0.05, 0.1) is 0 Å². The summed E-state index contributed by atoms with van der Waals surface area (Å²) in [6.45, 7) is 0. The van der Waals surface area contributed by atoms with E-state index in [1.54, 1.807) is 0 Å². The Bertz CT molecular complexity index is 530. The molecule has 0 heterocycles. The molecule has 1 heteroatoms. The van der Waals surface area contributed by atoms with Gasteiger partial charge in [-0.05, 0) is 23.1 Å². The van der Waals surface area contributed by atoms with Gasteiger partial charge in [-0.3, -0.25) is 0 Å². The number of fused-ring (bicyclic) bond motifs is 1. The van der Waals surface area contributed by atoms with Crippen molar-refractivity contribution in [3.63, 3.8) is 0 Å². The number of hydrogen-bond acceptors (Lipinski definition) is 1. The summed E-state index contributed by atoms with van der Waals surface area (Å²) in [5, 5.41) is 0. The fourth-order valence-electron chi connectivity index (χ4n) is 2.82. The van der Waals surface area contributed by atoms with Gasteiger partial charge in [0.15, 0.2) is 0 Å². The maximum Gasteiger partial charge on any atom is 0.128 e. The lowest BCUT2D eigenvalue weighted by Crippen LogP contribution is -2.07. The molecule has 1 nitrogen and oxygen atoms in total. The van der Waals surface area contributed by atoms with E-state index in [0.29, 0.717) is 5.92 Å². The largest absolute Gasteiger partial charge is 0.303 e. The molecule has 0 N–H and O–H groups in total. The van der Waals surface area contributed by atoms with Crippen LogP contribution in [0, 0.1) is 0 Å². The number of carbonyl (C=O) groups is 1. The average molecular weight is 222 g/mol. The van der Waals surface area contributed by atoms with Crippen molar-refractivity contribution in [1.29, 1.82) is 0 Å². The first-order valence-electron chi connectivity index (χ1n) is 5.98. The Morgan fingerprint density at radius 2 is 1.65 bits per heavy atom. The van der Waals surface area contributed by atoms with Gasteiger partial charge in [0.25, 0.3) is 0 Å². The second kappa shape index (κ2) is 4.17. The first-order valence-corrected chi connectivity index (χ1v) is 5.98. The van der Waals surface area contributed by atoms with Gasteiger partial charge in [-0.2, -0.15) is 0 Å². The Hall–Kier alpha value is -1.89. The van der Waals surface area contributed by atoms with Gasteiger partial charge in [0.1, 0.15) is 6.29 Å². The van der Waals surface area contributed by atoms with E-state index in [4.69, 9.17) is 0 Å². The third kappa shape index (κ3) is 1.68. The third-order valence-electron chi connectivity index (χ3n) is 3.66. The predicted octanol–water partition coefficient (Wildman–Crippen LogP) is 3.31. The normalized spacial score (nSPS) is 22.1. The summed E-state index contributed by atoms with van der Waals surface area (Å²) in [7, 11) is 0. The molecular formula is C16H14O. The number of rotatable bonds is 2. The summed E-state index contributed by atoms with van der Waals surface area (Å²) < 4.78 is 0. The number of carbonyl (C=O) groups excluding carboxylic acids is 1. The Morgan fingerprint density at radius 3 is 2.41 bits per heavy atom. The van der Waals surface area contributed by atoms with Crippen molar-refractivity contribution in [2.45, 2.75) is 18.3 Å². The molecule has 2 atom stereocenters. The number of benzene rings is 2. The summed E-state index contributed by atoms with van der Waals surface area (Å²) in [5.41, 5.74) is 3.79. The molecule has 0 fully saturated rings. The van der Waals surface area contributed by atoms with Crippen molar-refractivity contribution in [2.75, 3.05) is 0 Å². The highest BCUT2D eigenvalue weighted by Gasteiger charge is 2.32. The summed E-state index contributed by atoms with van der Waals surface area (Å²) >= 11 is 0. The standard InChI is InChI=1S/C16H14O/c17-11-16-14-9-5-4-8-13(14)10-15(16)12-6-2-1-3-7-12/h1-9,11,15-16H,10H2. The van der Waals surface area contributed by atoms with E-state index < -0.39 is 0 Å².